The van der Waals surface area contributed by atoms with E-state index in [1.54, 1.807) is 33.1 Å². The summed E-state index contributed by atoms with van der Waals surface area (Å²) in [6, 6.07) is 10.5. The molecular weight excluding hydrogens is 969 g/mol. The quantitative estimate of drug-likeness (QED) is 0.117. The van der Waals surface area contributed by atoms with Crippen LogP contribution in [0.2, 0.25) is 0 Å². The van der Waals surface area contributed by atoms with Crippen molar-refractivity contribution in [3.05, 3.63) is 65.5 Å². The first-order valence-electron chi connectivity index (χ1n) is 26.0. The maximum absolute atomic E-state index is 14.8. The molecule has 4 aliphatic heterocycles. The molecule has 19 heteroatoms. The van der Waals surface area contributed by atoms with Gasteiger partial charge in [-0.25, -0.2) is 9.82 Å². The van der Waals surface area contributed by atoms with Crippen LogP contribution in [0.15, 0.2) is 48.7 Å². The molecule has 4 amide bonds. The lowest BCUT2D eigenvalue weighted by atomic mass is 9.84. The van der Waals surface area contributed by atoms with Crippen molar-refractivity contribution in [2.75, 3.05) is 78.5 Å². The fourth-order valence-electron chi connectivity index (χ4n) is 11.2. The molecule has 0 unspecified atom stereocenters. The molecule has 17 nitrogen and oxygen atoms in total. The molecule has 4 aliphatic rings. The first-order chi connectivity index (χ1) is 35.2. The van der Waals surface area contributed by atoms with Crippen molar-refractivity contribution in [3.63, 3.8) is 0 Å². The van der Waals surface area contributed by atoms with Crippen LogP contribution in [0.1, 0.15) is 83.7 Å². The number of hydrogen-bond acceptors (Lipinski definition) is 12. The zero-order valence-electron chi connectivity index (χ0n) is 44.3. The van der Waals surface area contributed by atoms with E-state index in [0.29, 0.717) is 36.9 Å². The molecule has 0 spiro atoms. The highest BCUT2D eigenvalue weighted by Gasteiger charge is 2.41. The van der Waals surface area contributed by atoms with E-state index in [1.807, 2.05) is 25.3 Å². The number of methoxy groups -OCH3 is 1. The predicted octanol–water partition coefficient (Wildman–Crippen LogP) is 6.07. The number of hydrogen-bond donors (Lipinski definition) is 3. The second-order valence-corrected chi connectivity index (χ2v) is 22.1. The predicted molar refractivity (Wildman–Crippen MR) is 282 cm³/mol. The van der Waals surface area contributed by atoms with Crippen molar-refractivity contribution in [1.29, 1.82) is 0 Å². The fourth-order valence-corrected chi connectivity index (χ4v) is 11.4. The third-order valence-electron chi connectivity index (χ3n) is 15.3. The van der Waals surface area contributed by atoms with Crippen molar-refractivity contribution in [3.8, 4) is 28.1 Å². The Morgan fingerprint density at radius 3 is 2.46 bits per heavy atom. The zero-order valence-corrected chi connectivity index (χ0v) is 45.0. The Labute approximate surface area is 438 Å². The Kier molecular flexibility index (Phi) is 16.6. The van der Waals surface area contributed by atoms with E-state index in [0.717, 1.165) is 70.8 Å². The van der Waals surface area contributed by atoms with Crippen LogP contribution in [0, 0.1) is 17.3 Å². The number of ether oxygens (including phenoxy) is 2. The number of anilines is 1. The number of cyclic esters (lactones) is 1. The standard InChI is InChI=1S/C55H73ClFN9O8/c1-10-65-45-14-13-35-26-40(45)42(48(65)41-27-38(29-58-46(41)33(4)73-9)63-20-18-61(7)19-21-63)28-55(5,6)31-74-54(72)43-12-11-16-66(60-43)52(70)44(24-34-22-37(35)25-39(67)23-34)59-50(68)47(32(2)3)62(8)51(69)36-15-17-64(30-36)53(71)49(56)57/h13-14,22-23,25-27,29,32-33,36,43-44,47,49,60,67H,10-12,15-21,24,28,30-31H2,1-9H3,(H,59,68)/t33-,36-,43-,44-,47-,49-/m0/s1. The lowest BCUT2D eigenvalue weighted by molar-refractivity contribution is -0.155. The largest absolute Gasteiger partial charge is 0.508 e. The SMILES string of the molecule is CCn1c(-c2cc(N3CCN(C)CC3)cnc2[C@H](C)OC)c2c3cc(ccc31)-c1cc(O)cc(c1)C[C@H](NC(=O)[C@H](C(C)C)N(C)C(=O)[C@H]1CCN(C(=O)[C@H](F)Cl)C1)C(=O)N1CCC[C@H](N1)C(=O)OCC(C)(C)C2. The highest BCUT2D eigenvalue weighted by atomic mass is 35.5. The number of piperazine rings is 1. The van der Waals surface area contributed by atoms with E-state index >= 15 is 0 Å². The van der Waals surface area contributed by atoms with Gasteiger partial charge in [0, 0.05) is 94.8 Å². The Balaban J connectivity index is 1.21. The summed E-state index contributed by atoms with van der Waals surface area (Å²) in [4.78, 5) is 82.2. The number of likely N-dealkylation sites (N-methyl/N-ethyl adjacent to an activating group) is 2. The summed E-state index contributed by atoms with van der Waals surface area (Å²) >= 11 is 5.43. The normalized spacial score (nSPS) is 22.1. The number of likely N-dealkylation sites (tertiary alicyclic amines) is 1. The Bertz CT molecular complexity index is 2760. The molecule has 8 rings (SSSR count). The van der Waals surface area contributed by atoms with Crippen molar-refractivity contribution >= 4 is 57.8 Å². The molecule has 6 heterocycles. The van der Waals surface area contributed by atoms with Gasteiger partial charge in [0.2, 0.25) is 11.8 Å². The number of aromatic nitrogens is 2. The topological polar surface area (TPSA) is 182 Å². The lowest BCUT2D eigenvalue weighted by Gasteiger charge is -2.37. The third kappa shape index (κ3) is 11.5. The molecule has 0 aliphatic carbocycles. The van der Waals surface area contributed by atoms with Gasteiger partial charge in [-0.1, -0.05) is 51.4 Å². The average Bonchev–Trinajstić information content (AvgIpc) is 3.99. The van der Waals surface area contributed by atoms with Gasteiger partial charge in [0.05, 0.1) is 41.9 Å². The van der Waals surface area contributed by atoms with Gasteiger partial charge in [0.1, 0.15) is 23.9 Å². The maximum Gasteiger partial charge on any atom is 0.324 e. The summed E-state index contributed by atoms with van der Waals surface area (Å²) in [6.45, 7) is 16.5. The molecule has 400 valence electrons. The number of phenolic OH excluding ortho intramolecular Hbond substituents is 1. The number of carbonyl (C=O) groups is 5. The summed E-state index contributed by atoms with van der Waals surface area (Å²) < 4.78 is 28.2. The minimum Gasteiger partial charge on any atom is -0.508 e. The lowest BCUT2D eigenvalue weighted by Crippen LogP contribution is -2.62. The summed E-state index contributed by atoms with van der Waals surface area (Å²) in [5, 5.41) is 16.8. The summed E-state index contributed by atoms with van der Waals surface area (Å²) in [5.41, 5.74) is 8.20. The van der Waals surface area contributed by atoms with Crippen molar-refractivity contribution in [1.82, 2.24) is 40.0 Å². The van der Waals surface area contributed by atoms with E-state index in [1.165, 1.54) is 21.9 Å². The molecule has 3 N–H and O–H groups in total. The minimum absolute atomic E-state index is 0.0377. The van der Waals surface area contributed by atoms with Crippen LogP contribution in [0.5, 0.6) is 5.75 Å². The number of phenols is 1. The van der Waals surface area contributed by atoms with Gasteiger partial charge in [-0.3, -0.25) is 34.0 Å². The van der Waals surface area contributed by atoms with E-state index in [9.17, 15) is 33.5 Å². The number of benzene rings is 2. The molecule has 0 radical (unpaired) electrons. The molecule has 74 heavy (non-hydrogen) atoms. The number of amides is 4. The van der Waals surface area contributed by atoms with Crippen LogP contribution in [0.25, 0.3) is 33.3 Å². The molecule has 4 aromatic rings. The Morgan fingerprint density at radius 2 is 1.77 bits per heavy atom. The molecule has 3 fully saturated rings. The van der Waals surface area contributed by atoms with Crippen LogP contribution in [-0.2, 0) is 52.8 Å². The second-order valence-electron chi connectivity index (χ2n) is 21.7. The number of esters is 1. The second kappa shape index (κ2) is 22.6. The number of halogens is 2. The Morgan fingerprint density at radius 1 is 1.03 bits per heavy atom. The highest BCUT2D eigenvalue weighted by Crippen LogP contribution is 2.43. The van der Waals surface area contributed by atoms with Crippen LogP contribution in [-0.4, -0.2) is 161 Å². The number of fused-ring (bicyclic) bond motifs is 6. The Hall–Kier alpha value is -5.82. The number of carbonyl (C=O) groups excluding carboxylic acids is 5. The van der Waals surface area contributed by atoms with Gasteiger partial charge >= 0.3 is 5.97 Å². The van der Waals surface area contributed by atoms with E-state index in [2.05, 4.69) is 71.1 Å². The van der Waals surface area contributed by atoms with Crippen molar-refractivity contribution < 1.29 is 42.9 Å². The molecule has 2 aromatic carbocycles. The number of alkyl halides is 2. The van der Waals surface area contributed by atoms with Gasteiger partial charge in [0.25, 0.3) is 17.4 Å². The molecule has 6 bridgehead atoms. The monoisotopic (exact) mass is 1040 g/mol. The first kappa shape index (κ1) is 54.4. The maximum atomic E-state index is 14.8. The summed E-state index contributed by atoms with van der Waals surface area (Å²) in [5.74, 6) is -4.08. The molecule has 2 aromatic heterocycles. The van der Waals surface area contributed by atoms with Crippen LogP contribution < -0.4 is 15.6 Å². The first-order valence-corrected chi connectivity index (χ1v) is 26.4. The minimum atomic E-state index is -2.22. The van der Waals surface area contributed by atoms with Gasteiger partial charge < -0.3 is 44.1 Å². The number of rotatable bonds is 11. The smallest absolute Gasteiger partial charge is 0.324 e. The van der Waals surface area contributed by atoms with Crippen LogP contribution in [0.4, 0.5) is 10.1 Å². The number of hydrazine groups is 1. The van der Waals surface area contributed by atoms with Gasteiger partial charge in [0.15, 0.2) is 0 Å². The molecular formula is C55H73ClFN9O8. The highest BCUT2D eigenvalue weighted by molar-refractivity contribution is 6.29. The van der Waals surface area contributed by atoms with Crippen molar-refractivity contribution in [2.45, 2.75) is 110 Å². The van der Waals surface area contributed by atoms with Gasteiger partial charge in [-0.05, 0) is 105 Å². The summed E-state index contributed by atoms with van der Waals surface area (Å²) in [6.07, 6.45) is 3.23. The summed E-state index contributed by atoms with van der Waals surface area (Å²) in [7, 11) is 5.34. The van der Waals surface area contributed by atoms with Crippen LogP contribution in [0.3, 0.4) is 0 Å². The van der Waals surface area contributed by atoms with Crippen molar-refractivity contribution in [2.24, 2.45) is 17.3 Å². The molecule has 3 saturated heterocycles. The van der Waals surface area contributed by atoms with E-state index in [4.69, 9.17) is 26.1 Å². The average molecular weight is 1040 g/mol. The zero-order chi connectivity index (χ0) is 53.3. The number of nitrogens with zero attached hydrogens (tertiary/aromatic N) is 7. The van der Waals surface area contributed by atoms with Crippen LogP contribution >= 0.6 is 11.6 Å². The number of pyridine rings is 1. The molecule has 6 atom stereocenters. The van der Waals surface area contributed by atoms with Gasteiger partial charge in [-0.2, -0.15) is 0 Å². The molecule has 0 saturated carbocycles. The third-order valence-corrected chi connectivity index (χ3v) is 15.5. The fraction of sp³-hybridized carbons (Fsp3) is 0.564. The van der Waals surface area contributed by atoms with Gasteiger partial charge in [-0.15, -0.1) is 0 Å². The van der Waals surface area contributed by atoms with E-state index < -0.39 is 70.6 Å². The number of aromatic hydroxyl groups is 1. The number of aryl methyl sites for hydroxylation is 1. The van der Waals surface area contributed by atoms with E-state index in [-0.39, 0.29) is 50.9 Å². The number of nitrogens with one attached hydrogen (secondary N) is 2.